The van der Waals surface area contributed by atoms with Gasteiger partial charge in [0.25, 0.3) is 0 Å². The Bertz CT molecular complexity index is 669. The quantitative estimate of drug-likeness (QED) is 0.827. The van der Waals surface area contributed by atoms with Crippen LogP contribution < -0.4 is 0 Å². The van der Waals surface area contributed by atoms with E-state index in [1.807, 2.05) is 35.2 Å². The smallest absolute Gasteiger partial charge is 0.100 e. The van der Waals surface area contributed by atoms with Gasteiger partial charge in [0.1, 0.15) is 6.10 Å². The fourth-order valence-electron chi connectivity index (χ4n) is 3.36. The standard InChI is InChI=1S/C19H25N3O2/c1-3-9-22-15(2)17(12-20-22)13-21-10-11-24-18(14-23)19(21)16-7-5-4-6-8-16/h3-8,12,18-19,23H,1,9-11,13-14H2,2H3/t18-,19-/m1/s1. The zero-order chi connectivity index (χ0) is 16.9. The molecule has 128 valence electrons. The number of hydrogen-bond donors (Lipinski definition) is 1. The number of aromatic nitrogens is 2. The van der Waals surface area contributed by atoms with E-state index >= 15 is 0 Å². The maximum atomic E-state index is 9.76. The molecule has 24 heavy (non-hydrogen) atoms. The van der Waals surface area contributed by atoms with Crippen LogP contribution in [0.1, 0.15) is 22.9 Å². The lowest BCUT2D eigenvalue weighted by Gasteiger charge is -2.41. The van der Waals surface area contributed by atoms with Gasteiger partial charge in [0.2, 0.25) is 0 Å². The SMILES string of the molecule is C=CCn1ncc(CN2CCO[C@H](CO)[C@H]2c2ccccc2)c1C. The van der Waals surface area contributed by atoms with Gasteiger partial charge in [-0.15, -0.1) is 6.58 Å². The largest absolute Gasteiger partial charge is 0.394 e. The van der Waals surface area contributed by atoms with Gasteiger partial charge in [0, 0.05) is 24.3 Å². The van der Waals surface area contributed by atoms with Crippen LogP contribution in [0.3, 0.4) is 0 Å². The Morgan fingerprint density at radius 1 is 1.38 bits per heavy atom. The first-order valence-electron chi connectivity index (χ1n) is 8.38. The minimum atomic E-state index is -0.204. The van der Waals surface area contributed by atoms with Crippen molar-refractivity contribution in [3.63, 3.8) is 0 Å². The molecule has 1 aromatic carbocycles. The van der Waals surface area contributed by atoms with Crippen molar-refractivity contribution in [2.45, 2.75) is 32.2 Å². The van der Waals surface area contributed by atoms with E-state index in [-0.39, 0.29) is 18.8 Å². The van der Waals surface area contributed by atoms with E-state index in [9.17, 15) is 5.11 Å². The van der Waals surface area contributed by atoms with E-state index in [1.165, 1.54) is 11.1 Å². The van der Waals surface area contributed by atoms with Gasteiger partial charge in [-0.3, -0.25) is 9.58 Å². The number of nitrogens with zero attached hydrogens (tertiary/aromatic N) is 3. The van der Waals surface area contributed by atoms with Crippen molar-refractivity contribution < 1.29 is 9.84 Å². The molecule has 3 rings (SSSR count). The van der Waals surface area contributed by atoms with Gasteiger partial charge in [0.15, 0.2) is 0 Å². The molecule has 2 heterocycles. The average Bonchev–Trinajstić information content (AvgIpc) is 2.96. The highest BCUT2D eigenvalue weighted by molar-refractivity contribution is 5.23. The molecular weight excluding hydrogens is 302 g/mol. The second-order valence-corrected chi connectivity index (χ2v) is 6.14. The normalized spacial score (nSPS) is 21.8. The third-order valence-electron chi connectivity index (χ3n) is 4.66. The maximum absolute atomic E-state index is 9.76. The molecule has 0 unspecified atom stereocenters. The molecule has 1 fully saturated rings. The zero-order valence-electron chi connectivity index (χ0n) is 14.1. The minimum absolute atomic E-state index is 0.0186. The molecular formula is C19H25N3O2. The molecule has 5 heteroatoms. The summed E-state index contributed by atoms with van der Waals surface area (Å²) in [6.07, 6.45) is 3.59. The van der Waals surface area contributed by atoms with E-state index in [0.29, 0.717) is 6.61 Å². The molecule has 0 radical (unpaired) electrons. The summed E-state index contributed by atoms with van der Waals surface area (Å²) in [7, 11) is 0. The van der Waals surface area contributed by atoms with Crippen molar-refractivity contribution >= 4 is 0 Å². The predicted octanol–water partition coefficient (Wildman–Crippen LogP) is 2.31. The molecule has 1 saturated heterocycles. The molecule has 0 aliphatic carbocycles. The van der Waals surface area contributed by atoms with Crippen LogP contribution >= 0.6 is 0 Å². The highest BCUT2D eigenvalue weighted by Gasteiger charge is 2.33. The first-order chi connectivity index (χ1) is 11.7. The summed E-state index contributed by atoms with van der Waals surface area (Å²) >= 11 is 0. The highest BCUT2D eigenvalue weighted by atomic mass is 16.5. The average molecular weight is 327 g/mol. The molecule has 0 amide bonds. The molecule has 2 aromatic rings. The van der Waals surface area contributed by atoms with Crippen molar-refractivity contribution in [3.05, 3.63) is 66.0 Å². The number of benzene rings is 1. The van der Waals surface area contributed by atoms with Gasteiger partial charge >= 0.3 is 0 Å². The van der Waals surface area contributed by atoms with Gasteiger partial charge in [-0.25, -0.2) is 0 Å². The summed E-state index contributed by atoms with van der Waals surface area (Å²) in [6.45, 7) is 8.87. The molecule has 1 aliphatic heterocycles. The van der Waals surface area contributed by atoms with Gasteiger partial charge in [-0.2, -0.15) is 5.10 Å². The van der Waals surface area contributed by atoms with Crippen LogP contribution in [0.2, 0.25) is 0 Å². The summed E-state index contributed by atoms with van der Waals surface area (Å²) in [4.78, 5) is 2.38. The lowest BCUT2D eigenvalue weighted by Crippen LogP contribution is -2.46. The van der Waals surface area contributed by atoms with Gasteiger partial charge < -0.3 is 9.84 Å². The van der Waals surface area contributed by atoms with Crippen molar-refractivity contribution in [3.8, 4) is 0 Å². The van der Waals surface area contributed by atoms with Crippen LogP contribution in [0.25, 0.3) is 0 Å². The Morgan fingerprint density at radius 3 is 2.88 bits per heavy atom. The number of hydrogen-bond acceptors (Lipinski definition) is 4. The first-order valence-corrected chi connectivity index (χ1v) is 8.38. The summed E-state index contributed by atoms with van der Waals surface area (Å²) < 4.78 is 7.77. The van der Waals surface area contributed by atoms with Gasteiger partial charge in [-0.1, -0.05) is 36.4 Å². The molecule has 1 aromatic heterocycles. The van der Waals surface area contributed by atoms with Crippen molar-refractivity contribution in [2.24, 2.45) is 0 Å². The fourth-order valence-corrected chi connectivity index (χ4v) is 3.36. The summed E-state index contributed by atoms with van der Waals surface area (Å²) in [5.41, 5.74) is 3.54. The number of aliphatic hydroxyl groups excluding tert-OH is 1. The second-order valence-electron chi connectivity index (χ2n) is 6.14. The Kier molecular flexibility index (Phi) is 5.45. The lowest BCUT2D eigenvalue weighted by atomic mass is 9.98. The van der Waals surface area contributed by atoms with Crippen molar-refractivity contribution in [2.75, 3.05) is 19.8 Å². The van der Waals surface area contributed by atoms with E-state index in [1.54, 1.807) is 0 Å². The summed E-state index contributed by atoms with van der Waals surface area (Å²) in [6, 6.07) is 10.3. The van der Waals surface area contributed by atoms with Crippen LogP contribution in [0, 0.1) is 6.92 Å². The molecule has 1 aliphatic rings. The highest BCUT2D eigenvalue weighted by Crippen LogP contribution is 2.31. The minimum Gasteiger partial charge on any atom is -0.394 e. The Labute approximate surface area is 143 Å². The van der Waals surface area contributed by atoms with Crippen LogP contribution in [0.15, 0.2) is 49.2 Å². The van der Waals surface area contributed by atoms with Crippen LogP contribution in [-0.4, -0.2) is 45.6 Å². The number of allylic oxidation sites excluding steroid dienone is 1. The van der Waals surface area contributed by atoms with Gasteiger partial charge in [-0.05, 0) is 12.5 Å². The van der Waals surface area contributed by atoms with Crippen LogP contribution in [0.4, 0.5) is 0 Å². The Morgan fingerprint density at radius 2 is 2.17 bits per heavy atom. The molecule has 2 atom stereocenters. The first kappa shape index (κ1) is 16.9. The van der Waals surface area contributed by atoms with E-state index in [4.69, 9.17) is 4.74 Å². The summed E-state index contributed by atoms with van der Waals surface area (Å²) in [5.74, 6) is 0. The maximum Gasteiger partial charge on any atom is 0.100 e. The molecule has 5 nitrogen and oxygen atoms in total. The predicted molar refractivity (Wildman–Crippen MR) is 93.6 cm³/mol. The number of morpholine rings is 1. The lowest BCUT2D eigenvalue weighted by molar-refractivity contribution is -0.0961. The summed E-state index contributed by atoms with van der Waals surface area (Å²) in [5, 5.41) is 14.2. The third-order valence-corrected chi connectivity index (χ3v) is 4.66. The van der Waals surface area contributed by atoms with Crippen LogP contribution in [-0.2, 0) is 17.8 Å². The number of aliphatic hydroxyl groups is 1. The number of rotatable bonds is 6. The van der Waals surface area contributed by atoms with E-state index in [0.717, 1.165) is 25.3 Å². The van der Waals surface area contributed by atoms with Crippen molar-refractivity contribution in [1.82, 2.24) is 14.7 Å². The number of ether oxygens (including phenoxy) is 1. The Balaban J connectivity index is 1.85. The fraction of sp³-hybridized carbons (Fsp3) is 0.421. The Hall–Kier alpha value is -1.95. The molecule has 1 N–H and O–H groups in total. The zero-order valence-corrected chi connectivity index (χ0v) is 14.1. The van der Waals surface area contributed by atoms with E-state index in [2.05, 4.69) is 35.6 Å². The third kappa shape index (κ3) is 3.43. The molecule has 0 saturated carbocycles. The van der Waals surface area contributed by atoms with Gasteiger partial charge in [0.05, 0.1) is 32.0 Å². The van der Waals surface area contributed by atoms with Crippen LogP contribution in [0.5, 0.6) is 0 Å². The van der Waals surface area contributed by atoms with Crippen molar-refractivity contribution in [1.29, 1.82) is 0 Å². The van der Waals surface area contributed by atoms with E-state index < -0.39 is 0 Å². The monoisotopic (exact) mass is 327 g/mol. The topological polar surface area (TPSA) is 50.5 Å². The second kappa shape index (κ2) is 7.75. The molecule has 0 spiro atoms. The molecule has 0 bridgehead atoms.